The molecule has 0 unspecified atom stereocenters. The highest BCUT2D eigenvalue weighted by atomic mass is 19.1. The third-order valence-electron chi connectivity index (χ3n) is 3.95. The first-order valence-electron chi connectivity index (χ1n) is 7.32. The highest BCUT2D eigenvalue weighted by Gasteiger charge is 2.54. The first kappa shape index (κ1) is 16.0. The van der Waals surface area contributed by atoms with Gasteiger partial charge in [0.1, 0.15) is 11.7 Å². The van der Waals surface area contributed by atoms with E-state index in [0.29, 0.717) is 11.4 Å². The fourth-order valence-corrected chi connectivity index (χ4v) is 2.56. The van der Waals surface area contributed by atoms with Gasteiger partial charge in [0.15, 0.2) is 11.6 Å². The summed E-state index contributed by atoms with van der Waals surface area (Å²) in [4.78, 5) is 24.3. The zero-order valence-corrected chi connectivity index (χ0v) is 12.8. The van der Waals surface area contributed by atoms with Gasteiger partial charge in [-0.25, -0.2) is 4.39 Å². The van der Waals surface area contributed by atoms with Crippen molar-refractivity contribution >= 4 is 11.6 Å². The van der Waals surface area contributed by atoms with E-state index in [-0.39, 0.29) is 18.7 Å². The van der Waals surface area contributed by atoms with Crippen LogP contribution in [0.4, 0.5) is 10.1 Å². The van der Waals surface area contributed by atoms with E-state index < -0.39 is 28.6 Å². The minimum Gasteiger partial charge on any atom is -0.494 e. The summed E-state index contributed by atoms with van der Waals surface area (Å²) in [7, 11) is 1.34. The van der Waals surface area contributed by atoms with Crippen LogP contribution in [-0.4, -0.2) is 24.0 Å². The Labute approximate surface area is 136 Å². The highest BCUT2D eigenvalue weighted by Crippen LogP contribution is 2.37. The summed E-state index contributed by atoms with van der Waals surface area (Å²) < 4.78 is 24.1. The molecule has 1 aromatic heterocycles. The molecule has 1 aliphatic rings. The van der Waals surface area contributed by atoms with Gasteiger partial charge >= 0.3 is 0 Å². The molecule has 24 heavy (non-hydrogen) atoms. The molecule has 0 saturated heterocycles. The molecule has 0 spiro atoms. The molecular formula is C16H15FN2O5. The van der Waals surface area contributed by atoms with Gasteiger partial charge in [-0.3, -0.25) is 14.9 Å². The average Bonchev–Trinajstić information content (AvgIpc) is 3.21. The minimum atomic E-state index is -0.875. The van der Waals surface area contributed by atoms with E-state index in [4.69, 9.17) is 9.15 Å². The number of anilines is 1. The lowest BCUT2D eigenvalue weighted by Crippen LogP contribution is -2.33. The van der Waals surface area contributed by atoms with Crippen molar-refractivity contribution in [2.24, 2.45) is 5.92 Å². The smallest absolute Gasteiger partial charge is 0.237 e. The van der Waals surface area contributed by atoms with Crippen molar-refractivity contribution in [1.82, 2.24) is 0 Å². The van der Waals surface area contributed by atoms with Gasteiger partial charge in [-0.05, 0) is 24.3 Å². The Kier molecular flexibility index (Phi) is 4.20. The van der Waals surface area contributed by atoms with Gasteiger partial charge in [0, 0.05) is 23.1 Å². The van der Waals surface area contributed by atoms with Crippen molar-refractivity contribution in [1.29, 1.82) is 0 Å². The fraction of sp³-hybridized carbons (Fsp3) is 0.312. The van der Waals surface area contributed by atoms with E-state index in [1.807, 2.05) is 0 Å². The Bertz CT molecular complexity index is 762. The van der Waals surface area contributed by atoms with Crippen LogP contribution in [0.5, 0.6) is 5.75 Å². The number of carbonyl (C=O) groups excluding carboxylic acids is 1. The predicted molar refractivity (Wildman–Crippen MR) is 81.7 cm³/mol. The molecular weight excluding hydrogens is 319 g/mol. The number of amides is 1. The molecule has 3 rings (SSSR count). The summed E-state index contributed by atoms with van der Waals surface area (Å²) >= 11 is 0. The maximum absolute atomic E-state index is 14.0. The van der Waals surface area contributed by atoms with Crippen molar-refractivity contribution in [3.8, 4) is 5.75 Å². The Balaban J connectivity index is 1.89. The number of methoxy groups -OCH3 is 1. The van der Waals surface area contributed by atoms with E-state index in [9.17, 15) is 19.3 Å². The van der Waals surface area contributed by atoms with Gasteiger partial charge in [0.05, 0.1) is 19.9 Å². The van der Waals surface area contributed by atoms with Crippen LogP contribution in [0.1, 0.15) is 12.2 Å². The quantitative estimate of drug-likeness (QED) is 0.599. The van der Waals surface area contributed by atoms with E-state index in [1.54, 1.807) is 12.1 Å². The minimum absolute atomic E-state index is 0.0544. The van der Waals surface area contributed by atoms with Gasteiger partial charge in [-0.2, -0.15) is 0 Å². The zero-order valence-electron chi connectivity index (χ0n) is 12.8. The van der Waals surface area contributed by atoms with Crippen LogP contribution in [0.3, 0.4) is 0 Å². The number of ether oxygens (including phenoxy) is 1. The summed E-state index contributed by atoms with van der Waals surface area (Å²) in [6.45, 7) is 0.0680. The number of hydrogen-bond donors (Lipinski definition) is 0. The SMILES string of the molecule is COc1ccc(N(Cc2ccco2)C(=O)[C@@H]2C[C@@H]2[N+](=O)[O-])cc1F. The molecule has 1 saturated carbocycles. The standard InChI is InChI=1S/C16H15FN2O5/c1-23-15-5-4-10(7-13(15)17)18(9-11-3-2-6-24-11)16(20)12-8-14(12)19(21)22/h2-7,12,14H,8-9H2,1H3/t12-,14+/m1/s1. The molecule has 1 aromatic carbocycles. The molecule has 0 radical (unpaired) electrons. The van der Waals surface area contributed by atoms with Gasteiger partial charge in [-0.1, -0.05) is 0 Å². The van der Waals surface area contributed by atoms with Crippen molar-refractivity contribution in [2.45, 2.75) is 19.0 Å². The third-order valence-corrected chi connectivity index (χ3v) is 3.95. The number of halogens is 1. The van der Waals surface area contributed by atoms with Crippen LogP contribution in [0, 0.1) is 21.8 Å². The largest absolute Gasteiger partial charge is 0.494 e. The van der Waals surface area contributed by atoms with Gasteiger partial charge in [0.2, 0.25) is 11.9 Å². The Morgan fingerprint density at radius 2 is 2.29 bits per heavy atom. The molecule has 7 nitrogen and oxygen atoms in total. The maximum atomic E-state index is 14.0. The van der Waals surface area contributed by atoms with E-state index >= 15 is 0 Å². The second kappa shape index (κ2) is 6.31. The number of hydrogen-bond acceptors (Lipinski definition) is 5. The second-order valence-corrected chi connectivity index (χ2v) is 5.52. The number of nitro groups is 1. The van der Waals surface area contributed by atoms with E-state index in [1.165, 1.54) is 36.5 Å². The molecule has 0 bridgehead atoms. The van der Waals surface area contributed by atoms with Gasteiger partial charge in [0.25, 0.3) is 0 Å². The summed E-state index contributed by atoms with van der Waals surface area (Å²) in [6.07, 6.45) is 1.66. The molecule has 8 heteroatoms. The second-order valence-electron chi connectivity index (χ2n) is 5.52. The van der Waals surface area contributed by atoms with Crippen LogP contribution >= 0.6 is 0 Å². The lowest BCUT2D eigenvalue weighted by Gasteiger charge is -2.22. The third kappa shape index (κ3) is 3.08. The first-order valence-corrected chi connectivity index (χ1v) is 7.32. The predicted octanol–water partition coefficient (Wildman–Crippen LogP) is 2.63. The number of furan rings is 1. The highest BCUT2D eigenvalue weighted by molar-refractivity contribution is 5.97. The molecule has 1 heterocycles. The number of benzene rings is 1. The molecule has 1 fully saturated rings. The number of rotatable bonds is 6. The Morgan fingerprint density at radius 1 is 1.50 bits per heavy atom. The van der Waals surface area contributed by atoms with Crippen LogP contribution in [0.25, 0.3) is 0 Å². The van der Waals surface area contributed by atoms with E-state index in [2.05, 4.69) is 0 Å². The Morgan fingerprint density at radius 3 is 2.83 bits per heavy atom. The van der Waals surface area contributed by atoms with Crippen molar-refractivity contribution in [3.63, 3.8) is 0 Å². The fourth-order valence-electron chi connectivity index (χ4n) is 2.56. The summed E-state index contributed by atoms with van der Waals surface area (Å²) in [6, 6.07) is 6.59. The molecule has 0 N–H and O–H groups in total. The molecule has 126 valence electrons. The van der Waals surface area contributed by atoms with Gasteiger partial charge < -0.3 is 14.1 Å². The lowest BCUT2D eigenvalue weighted by molar-refractivity contribution is -0.497. The molecule has 2 atom stereocenters. The van der Waals surface area contributed by atoms with Crippen LogP contribution in [0.15, 0.2) is 41.0 Å². The molecule has 0 aliphatic heterocycles. The van der Waals surface area contributed by atoms with Crippen LogP contribution in [-0.2, 0) is 11.3 Å². The first-order chi connectivity index (χ1) is 11.5. The maximum Gasteiger partial charge on any atom is 0.237 e. The summed E-state index contributed by atoms with van der Waals surface area (Å²) in [5, 5.41) is 10.8. The Hall–Kier alpha value is -2.90. The molecule has 1 amide bonds. The van der Waals surface area contributed by atoms with Crippen molar-refractivity contribution in [3.05, 3.63) is 58.3 Å². The monoisotopic (exact) mass is 334 g/mol. The number of nitrogens with zero attached hydrogens (tertiary/aromatic N) is 2. The topological polar surface area (TPSA) is 85.8 Å². The zero-order chi connectivity index (χ0) is 17.3. The van der Waals surface area contributed by atoms with Crippen LogP contribution < -0.4 is 9.64 Å². The summed E-state index contributed by atoms with van der Waals surface area (Å²) in [5.74, 6) is -1.18. The summed E-state index contributed by atoms with van der Waals surface area (Å²) in [5.41, 5.74) is 0.295. The van der Waals surface area contributed by atoms with Crippen molar-refractivity contribution < 1.29 is 23.3 Å². The molecule has 2 aromatic rings. The van der Waals surface area contributed by atoms with Crippen LogP contribution in [0.2, 0.25) is 0 Å². The number of carbonyl (C=O) groups is 1. The average molecular weight is 334 g/mol. The molecule has 1 aliphatic carbocycles. The van der Waals surface area contributed by atoms with Gasteiger partial charge in [-0.15, -0.1) is 0 Å². The van der Waals surface area contributed by atoms with E-state index in [0.717, 1.165) is 0 Å². The normalized spacial score (nSPS) is 18.9. The van der Waals surface area contributed by atoms with Crippen molar-refractivity contribution in [2.75, 3.05) is 12.0 Å². The lowest BCUT2D eigenvalue weighted by atomic mass is 10.2.